The molecule has 0 saturated carbocycles. The molecule has 124 valence electrons. The average molecular weight is 334 g/mol. The largest absolute Gasteiger partial charge is 0.460 e. The fourth-order valence-electron chi connectivity index (χ4n) is 2.85. The number of Topliss-reactive ketones (excluding diaryl/α,β-unsaturated/α-hetero) is 1. The summed E-state index contributed by atoms with van der Waals surface area (Å²) in [7, 11) is 0. The van der Waals surface area contributed by atoms with Gasteiger partial charge in [0.05, 0.1) is 0 Å². The smallest absolute Gasteiger partial charge is 0.412 e. The van der Waals surface area contributed by atoms with Crippen LogP contribution in [0.4, 0.5) is 13.2 Å². The fraction of sp³-hybridized carbons (Fsp3) is 0.222. The third-order valence-corrected chi connectivity index (χ3v) is 4.15. The summed E-state index contributed by atoms with van der Waals surface area (Å²) in [6.45, 7) is -0.318. The summed E-state index contributed by atoms with van der Waals surface area (Å²) in [4.78, 5) is 24.7. The molecule has 0 amide bonds. The highest BCUT2D eigenvalue weighted by Crippen LogP contribution is 2.49. The number of esters is 1. The van der Waals surface area contributed by atoms with Crippen molar-refractivity contribution in [1.29, 1.82) is 0 Å². The van der Waals surface area contributed by atoms with Crippen molar-refractivity contribution in [3.63, 3.8) is 0 Å². The lowest BCUT2D eigenvalue weighted by molar-refractivity contribution is -0.218. The van der Waals surface area contributed by atoms with Crippen LogP contribution in [0.2, 0.25) is 0 Å². The molecule has 6 heteroatoms. The minimum Gasteiger partial charge on any atom is -0.460 e. The maximum absolute atomic E-state index is 13.7. The van der Waals surface area contributed by atoms with E-state index >= 15 is 0 Å². The van der Waals surface area contributed by atoms with Crippen molar-refractivity contribution >= 4 is 11.8 Å². The van der Waals surface area contributed by atoms with Gasteiger partial charge in [0.2, 0.25) is 5.41 Å². The summed E-state index contributed by atoms with van der Waals surface area (Å²) in [5.41, 5.74) is -2.49. The fourth-order valence-corrected chi connectivity index (χ4v) is 2.85. The lowest BCUT2D eigenvalue weighted by Crippen LogP contribution is -2.50. The molecule has 24 heavy (non-hydrogen) atoms. The number of alkyl halides is 3. The number of ketones is 1. The summed E-state index contributed by atoms with van der Waals surface area (Å²) in [5, 5.41) is 0. The third-order valence-electron chi connectivity index (χ3n) is 4.15. The molecule has 2 aromatic rings. The summed E-state index contributed by atoms with van der Waals surface area (Å²) in [6, 6.07) is 14.1. The van der Waals surface area contributed by atoms with E-state index in [9.17, 15) is 22.8 Å². The second-order valence-corrected chi connectivity index (χ2v) is 5.63. The zero-order valence-electron chi connectivity index (χ0n) is 12.5. The summed E-state index contributed by atoms with van der Waals surface area (Å²) >= 11 is 0. The first kappa shape index (κ1) is 16.2. The third kappa shape index (κ3) is 2.48. The number of halogens is 3. The van der Waals surface area contributed by atoms with Gasteiger partial charge in [-0.25, -0.2) is 0 Å². The number of carbonyl (C=O) groups excluding carboxylic acids is 2. The predicted octanol–water partition coefficient (Wildman–Crippen LogP) is 3.72. The molecule has 0 heterocycles. The van der Waals surface area contributed by atoms with Crippen LogP contribution in [0.3, 0.4) is 0 Å². The van der Waals surface area contributed by atoms with Crippen LogP contribution in [0.25, 0.3) is 0 Å². The van der Waals surface area contributed by atoms with Crippen LogP contribution in [-0.2, 0) is 22.6 Å². The number of benzene rings is 2. The van der Waals surface area contributed by atoms with Crippen LogP contribution in [0.1, 0.15) is 21.5 Å². The number of hydrogen-bond acceptors (Lipinski definition) is 3. The van der Waals surface area contributed by atoms with Crippen LogP contribution in [-0.4, -0.2) is 17.9 Å². The Morgan fingerprint density at radius 1 is 1.04 bits per heavy atom. The van der Waals surface area contributed by atoms with Crippen molar-refractivity contribution in [1.82, 2.24) is 0 Å². The van der Waals surface area contributed by atoms with Gasteiger partial charge in [-0.15, -0.1) is 0 Å². The average Bonchev–Trinajstić information content (AvgIpc) is 2.88. The van der Waals surface area contributed by atoms with Gasteiger partial charge in [0, 0.05) is 12.0 Å². The zero-order valence-corrected chi connectivity index (χ0v) is 12.5. The van der Waals surface area contributed by atoms with Gasteiger partial charge in [0.1, 0.15) is 6.61 Å². The first-order chi connectivity index (χ1) is 11.4. The molecule has 0 radical (unpaired) electrons. The molecule has 0 spiro atoms. The maximum atomic E-state index is 13.7. The molecule has 0 fully saturated rings. The van der Waals surface area contributed by atoms with Gasteiger partial charge in [-0.1, -0.05) is 54.6 Å². The van der Waals surface area contributed by atoms with E-state index in [1.54, 1.807) is 30.3 Å². The highest BCUT2D eigenvalue weighted by molar-refractivity contribution is 6.16. The van der Waals surface area contributed by atoms with E-state index in [-0.39, 0.29) is 17.7 Å². The van der Waals surface area contributed by atoms with Crippen LogP contribution in [0.15, 0.2) is 54.6 Å². The van der Waals surface area contributed by atoms with E-state index in [0.29, 0.717) is 5.56 Å². The minimum atomic E-state index is -5.03. The predicted molar refractivity (Wildman–Crippen MR) is 79.2 cm³/mol. The molecule has 3 nitrogen and oxygen atoms in total. The SMILES string of the molecule is O=C(OCc1ccccc1)[C@]1(C(F)(F)F)Cc2ccccc2C1=O. The van der Waals surface area contributed by atoms with Crippen LogP contribution in [0, 0.1) is 5.41 Å². The lowest BCUT2D eigenvalue weighted by atomic mass is 9.83. The topological polar surface area (TPSA) is 43.4 Å². The normalized spacial score (nSPS) is 19.9. The van der Waals surface area contributed by atoms with Gasteiger partial charge in [-0.05, 0) is 11.1 Å². The van der Waals surface area contributed by atoms with Gasteiger partial charge in [0.25, 0.3) is 0 Å². The van der Waals surface area contributed by atoms with Crippen LogP contribution in [0.5, 0.6) is 0 Å². The first-order valence-electron chi connectivity index (χ1n) is 7.27. The molecular weight excluding hydrogens is 321 g/mol. The summed E-state index contributed by atoms with van der Waals surface area (Å²) in [6.07, 6.45) is -5.75. The van der Waals surface area contributed by atoms with E-state index in [1.807, 2.05) is 0 Å². The van der Waals surface area contributed by atoms with Crippen LogP contribution < -0.4 is 0 Å². The van der Waals surface area contributed by atoms with E-state index in [4.69, 9.17) is 4.74 Å². The Hall–Kier alpha value is -2.63. The van der Waals surface area contributed by atoms with Gasteiger partial charge in [0.15, 0.2) is 5.78 Å². The molecule has 0 unspecified atom stereocenters. The second-order valence-electron chi connectivity index (χ2n) is 5.63. The molecule has 1 aliphatic rings. The standard InChI is InChI=1S/C18H13F3O3/c19-18(20,21)17(10-13-8-4-5-9-14(13)15(17)22)16(23)24-11-12-6-2-1-3-7-12/h1-9H,10-11H2/t17-/m0/s1. The van der Waals surface area contributed by atoms with Crippen molar-refractivity contribution in [3.8, 4) is 0 Å². The second kappa shape index (κ2) is 5.78. The van der Waals surface area contributed by atoms with Gasteiger partial charge >= 0.3 is 12.1 Å². The Balaban J connectivity index is 1.91. The molecule has 0 bridgehead atoms. The number of hydrogen-bond donors (Lipinski definition) is 0. The molecule has 0 saturated heterocycles. The van der Waals surface area contributed by atoms with Crippen molar-refractivity contribution < 1.29 is 27.5 Å². The van der Waals surface area contributed by atoms with Crippen molar-refractivity contribution in [2.75, 3.05) is 0 Å². The highest BCUT2D eigenvalue weighted by Gasteiger charge is 2.69. The molecule has 1 atom stereocenters. The Kier molecular flexibility index (Phi) is 3.91. The number of fused-ring (bicyclic) bond motifs is 1. The Morgan fingerprint density at radius 2 is 1.67 bits per heavy atom. The summed E-state index contributed by atoms with van der Waals surface area (Å²) < 4.78 is 45.9. The van der Waals surface area contributed by atoms with E-state index in [1.165, 1.54) is 24.3 Å². The molecular formula is C18H13F3O3. The Labute approximate surface area is 136 Å². The van der Waals surface area contributed by atoms with Crippen LogP contribution >= 0.6 is 0 Å². The van der Waals surface area contributed by atoms with E-state index < -0.39 is 29.8 Å². The van der Waals surface area contributed by atoms with Gasteiger partial charge in [-0.2, -0.15) is 13.2 Å². The molecule has 1 aliphatic carbocycles. The Morgan fingerprint density at radius 3 is 2.29 bits per heavy atom. The van der Waals surface area contributed by atoms with E-state index in [0.717, 1.165) is 0 Å². The van der Waals surface area contributed by atoms with Crippen molar-refractivity contribution in [2.24, 2.45) is 5.41 Å². The monoisotopic (exact) mass is 334 g/mol. The zero-order chi connectivity index (χ0) is 17.4. The molecule has 0 N–H and O–H groups in total. The quantitative estimate of drug-likeness (QED) is 0.635. The van der Waals surface area contributed by atoms with Crippen molar-refractivity contribution in [3.05, 3.63) is 71.3 Å². The number of rotatable bonds is 3. The molecule has 0 aliphatic heterocycles. The number of ether oxygens (including phenoxy) is 1. The maximum Gasteiger partial charge on any atom is 0.412 e. The Bertz CT molecular complexity index is 784. The lowest BCUT2D eigenvalue weighted by Gasteiger charge is -2.27. The summed E-state index contributed by atoms with van der Waals surface area (Å²) in [5.74, 6) is -2.80. The van der Waals surface area contributed by atoms with Gasteiger partial charge in [-0.3, -0.25) is 9.59 Å². The highest BCUT2D eigenvalue weighted by atomic mass is 19.4. The molecule has 2 aromatic carbocycles. The minimum absolute atomic E-state index is 0.0773. The van der Waals surface area contributed by atoms with E-state index in [2.05, 4.69) is 0 Å². The van der Waals surface area contributed by atoms with Crippen molar-refractivity contribution in [2.45, 2.75) is 19.2 Å². The van der Waals surface area contributed by atoms with Gasteiger partial charge < -0.3 is 4.74 Å². The first-order valence-corrected chi connectivity index (χ1v) is 7.27. The number of carbonyl (C=O) groups is 2. The molecule has 0 aromatic heterocycles. The molecule has 3 rings (SSSR count).